The first kappa shape index (κ1) is 23.5. The van der Waals surface area contributed by atoms with Gasteiger partial charge in [-0.2, -0.15) is 0 Å². The van der Waals surface area contributed by atoms with Crippen LogP contribution in [-0.2, 0) is 0 Å². The molecule has 1 heteroatoms. The Labute approximate surface area is 196 Å². The van der Waals surface area contributed by atoms with Crippen molar-refractivity contribution < 1.29 is 4.39 Å². The quantitative estimate of drug-likeness (QED) is 0.388. The Morgan fingerprint density at radius 1 is 0.750 bits per heavy atom. The van der Waals surface area contributed by atoms with Crippen LogP contribution >= 0.6 is 0 Å². The minimum absolute atomic E-state index is 0.170. The van der Waals surface area contributed by atoms with E-state index in [9.17, 15) is 4.39 Å². The smallest absolute Gasteiger partial charge is 0.123 e. The Hall–Kier alpha value is -1.63. The highest BCUT2D eigenvalue weighted by Crippen LogP contribution is 2.42. The van der Waals surface area contributed by atoms with Crippen molar-refractivity contribution in [3.05, 3.63) is 59.9 Å². The summed E-state index contributed by atoms with van der Waals surface area (Å²) in [5.74, 6) is 4.43. The number of halogens is 1. The molecule has 2 fully saturated rings. The number of hydrogen-bond donors (Lipinski definition) is 0. The van der Waals surface area contributed by atoms with E-state index >= 15 is 0 Å². The lowest BCUT2D eigenvalue weighted by atomic mass is 9.70. The summed E-state index contributed by atoms with van der Waals surface area (Å²) < 4.78 is 13.2. The van der Waals surface area contributed by atoms with Crippen molar-refractivity contribution in [3.8, 4) is 11.1 Å². The highest BCUT2D eigenvalue weighted by atomic mass is 19.1. The summed E-state index contributed by atoms with van der Waals surface area (Å²) in [5.41, 5.74) is 3.77. The van der Waals surface area contributed by atoms with Gasteiger partial charge in [-0.25, -0.2) is 4.39 Å². The molecule has 32 heavy (non-hydrogen) atoms. The van der Waals surface area contributed by atoms with E-state index in [-0.39, 0.29) is 5.82 Å². The summed E-state index contributed by atoms with van der Waals surface area (Å²) in [6, 6.07) is 15.9. The van der Waals surface area contributed by atoms with Gasteiger partial charge in [-0.1, -0.05) is 82.3 Å². The van der Waals surface area contributed by atoms with E-state index in [2.05, 4.69) is 38.1 Å². The first-order chi connectivity index (χ1) is 15.6. The monoisotopic (exact) mass is 434 g/mol. The summed E-state index contributed by atoms with van der Waals surface area (Å²) in [4.78, 5) is 0. The third-order valence-electron chi connectivity index (χ3n) is 8.77. The van der Waals surface area contributed by atoms with E-state index in [4.69, 9.17) is 0 Å². The van der Waals surface area contributed by atoms with Crippen molar-refractivity contribution in [2.24, 2.45) is 23.7 Å². The second-order valence-corrected chi connectivity index (χ2v) is 11.0. The third-order valence-corrected chi connectivity index (χ3v) is 8.77. The lowest BCUT2D eigenvalue weighted by Gasteiger charge is -2.36. The Morgan fingerprint density at radius 2 is 1.31 bits per heavy atom. The van der Waals surface area contributed by atoms with Crippen molar-refractivity contribution >= 4 is 0 Å². The van der Waals surface area contributed by atoms with Gasteiger partial charge in [0.05, 0.1) is 0 Å². The molecule has 2 aromatic rings. The molecule has 0 aromatic heterocycles. The van der Waals surface area contributed by atoms with Gasteiger partial charge in [0.25, 0.3) is 0 Å². The van der Waals surface area contributed by atoms with Crippen LogP contribution < -0.4 is 0 Å². The maximum absolute atomic E-state index is 13.2. The van der Waals surface area contributed by atoms with Crippen molar-refractivity contribution in [3.63, 3.8) is 0 Å². The maximum atomic E-state index is 13.2. The first-order valence-corrected chi connectivity index (χ1v) is 13.5. The van der Waals surface area contributed by atoms with Crippen LogP contribution in [0, 0.1) is 29.5 Å². The van der Waals surface area contributed by atoms with Crippen LogP contribution in [-0.4, -0.2) is 0 Å². The largest absolute Gasteiger partial charge is 0.207 e. The van der Waals surface area contributed by atoms with Gasteiger partial charge in [0, 0.05) is 0 Å². The molecule has 0 spiro atoms. The molecule has 2 aliphatic rings. The molecule has 1 atom stereocenters. The van der Waals surface area contributed by atoms with Gasteiger partial charge in [0.2, 0.25) is 0 Å². The van der Waals surface area contributed by atoms with E-state index in [0.29, 0.717) is 0 Å². The van der Waals surface area contributed by atoms with Gasteiger partial charge >= 0.3 is 0 Å². The van der Waals surface area contributed by atoms with Gasteiger partial charge < -0.3 is 0 Å². The minimum Gasteiger partial charge on any atom is -0.207 e. The predicted molar refractivity (Wildman–Crippen MR) is 135 cm³/mol. The summed E-state index contributed by atoms with van der Waals surface area (Å²) in [7, 11) is 0. The zero-order valence-corrected chi connectivity index (χ0v) is 20.4. The second kappa shape index (κ2) is 11.5. The number of unbranched alkanes of at least 4 members (excludes halogenated alkanes) is 1. The van der Waals surface area contributed by atoms with Crippen LogP contribution in [0.15, 0.2) is 48.5 Å². The molecule has 0 radical (unpaired) electrons. The molecule has 174 valence electrons. The van der Waals surface area contributed by atoms with Crippen LogP contribution in [0.3, 0.4) is 0 Å². The van der Waals surface area contributed by atoms with Gasteiger partial charge in [0.1, 0.15) is 5.82 Å². The van der Waals surface area contributed by atoms with Crippen LogP contribution in [0.25, 0.3) is 11.1 Å². The molecule has 4 rings (SSSR count). The molecule has 1 unspecified atom stereocenters. The molecule has 0 saturated heterocycles. The van der Waals surface area contributed by atoms with Crippen molar-refractivity contribution in [2.45, 2.75) is 96.8 Å². The summed E-state index contributed by atoms with van der Waals surface area (Å²) in [6.45, 7) is 4.88. The molecule has 2 saturated carbocycles. The van der Waals surface area contributed by atoms with Gasteiger partial charge in [-0.15, -0.1) is 0 Å². The van der Waals surface area contributed by atoms with Crippen LogP contribution in [0.1, 0.15) is 102 Å². The van der Waals surface area contributed by atoms with Gasteiger partial charge in [-0.05, 0) is 103 Å². The van der Waals surface area contributed by atoms with Gasteiger partial charge in [-0.3, -0.25) is 0 Å². The first-order valence-electron chi connectivity index (χ1n) is 13.5. The number of rotatable bonds is 8. The fourth-order valence-electron chi connectivity index (χ4n) is 6.58. The van der Waals surface area contributed by atoms with E-state index in [0.717, 1.165) is 35.2 Å². The number of hydrogen-bond acceptors (Lipinski definition) is 0. The molecular formula is C31H43F. The molecule has 0 bridgehead atoms. The summed E-state index contributed by atoms with van der Waals surface area (Å²) >= 11 is 0. The molecule has 0 aliphatic heterocycles. The van der Waals surface area contributed by atoms with Crippen LogP contribution in [0.4, 0.5) is 4.39 Å². The lowest BCUT2D eigenvalue weighted by molar-refractivity contribution is 0.169. The summed E-state index contributed by atoms with van der Waals surface area (Å²) in [5, 5.41) is 0. The molecule has 0 heterocycles. The molecule has 0 N–H and O–H groups in total. The van der Waals surface area contributed by atoms with Crippen LogP contribution in [0.2, 0.25) is 0 Å². The van der Waals surface area contributed by atoms with Crippen LogP contribution in [0.5, 0.6) is 0 Å². The van der Waals surface area contributed by atoms with Crippen molar-refractivity contribution in [2.75, 3.05) is 0 Å². The highest BCUT2D eigenvalue weighted by molar-refractivity contribution is 5.63. The predicted octanol–water partition coefficient (Wildman–Crippen LogP) is 9.79. The Kier molecular flexibility index (Phi) is 8.44. The second-order valence-electron chi connectivity index (χ2n) is 11.0. The molecule has 0 nitrogen and oxygen atoms in total. The number of benzene rings is 2. The van der Waals surface area contributed by atoms with Crippen molar-refractivity contribution in [1.29, 1.82) is 0 Å². The normalized spacial score (nSPS) is 27.2. The molecular weight excluding hydrogens is 391 g/mol. The van der Waals surface area contributed by atoms with E-state index in [1.807, 2.05) is 12.1 Å². The third kappa shape index (κ3) is 6.24. The summed E-state index contributed by atoms with van der Waals surface area (Å²) in [6.07, 6.45) is 17.2. The fraction of sp³-hybridized carbons (Fsp3) is 0.613. The maximum Gasteiger partial charge on any atom is 0.123 e. The van der Waals surface area contributed by atoms with E-state index < -0.39 is 0 Å². The molecule has 0 amide bonds. The molecule has 2 aliphatic carbocycles. The zero-order chi connectivity index (χ0) is 22.3. The highest BCUT2D eigenvalue weighted by Gasteiger charge is 2.29. The Morgan fingerprint density at radius 3 is 1.91 bits per heavy atom. The fourth-order valence-corrected chi connectivity index (χ4v) is 6.58. The lowest BCUT2D eigenvalue weighted by Crippen LogP contribution is -2.23. The average Bonchev–Trinajstić information content (AvgIpc) is 2.84. The van der Waals surface area contributed by atoms with E-state index in [1.54, 1.807) is 12.1 Å². The SMILES string of the molecule is CCCCC1CCC(C(C)CC2CCC(c3ccc(-c4ccc(F)cc4)cc3)CC2)CC1. The van der Waals surface area contributed by atoms with Crippen molar-refractivity contribution in [1.82, 2.24) is 0 Å². The Bertz CT molecular complexity index is 789. The minimum atomic E-state index is -0.170. The standard InChI is InChI=1S/C31H43F/c1-3-4-5-24-6-10-26(11-7-24)23(2)22-25-8-12-27(13-9-25)28-14-16-29(17-15-28)30-18-20-31(32)21-19-30/h14-21,23-27H,3-13,22H2,1-2H3. The van der Waals surface area contributed by atoms with Gasteiger partial charge in [0.15, 0.2) is 0 Å². The average molecular weight is 435 g/mol. The van der Waals surface area contributed by atoms with E-state index in [1.165, 1.54) is 88.2 Å². The molecule has 2 aromatic carbocycles. The Balaban J connectivity index is 1.21. The topological polar surface area (TPSA) is 0 Å². The zero-order valence-electron chi connectivity index (χ0n) is 20.4.